The maximum atomic E-state index is 7.55. The molecule has 5 heteroatoms. The van der Waals surface area contributed by atoms with Crippen LogP contribution in [-0.2, 0) is 15.9 Å². The number of halogens is 2. The van der Waals surface area contributed by atoms with E-state index < -0.39 is 15.9 Å². The molecule has 0 saturated carbocycles. The van der Waals surface area contributed by atoms with Gasteiger partial charge in [0.1, 0.15) is 0 Å². The van der Waals surface area contributed by atoms with E-state index in [4.69, 9.17) is 26.5 Å². The molecular weight excluding hydrogens is 458 g/mol. The van der Waals surface area contributed by atoms with Crippen molar-refractivity contribution in [1.82, 2.24) is 0 Å². The average molecular weight is 481 g/mol. The van der Waals surface area contributed by atoms with Gasteiger partial charge in [-0.2, -0.15) is 0 Å². The molecule has 2 aromatic carbocycles. The monoisotopic (exact) mass is 478 g/mol. The Kier molecular flexibility index (Phi) is 4.78. The third kappa shape index (κ3) is 2.90. The van der Waals surface area contributed by atoms with Crippen LogP contribution in [0.15, 0.2) is 48.6 Å². The molecule has 2 unspecified atom stereocenters. The molecule has 0 aromatic heterocycles. The van der Waals surface area contributed by atoms with Crippen molar-refractivity contribution < 1.29 is 25.4 Å². The van der Waals surface area contributed by atoms with Gasteiger partial charge in [0.25, 0.3) is 0 Å². The van der Waals surface area contributed by atoms with E-state index in [1.54, 1.807) is 14.2 Å². The number of rotatable bonds is 4. The van der Waals surface area contributed by atoms with Gasteiger partial charge >= 0.3 is 169 Å². The van der Waals surface area contributed by atoms with Crippen LogP contribution >= 0.6 is 17.0 Å². The molecule has 0 fully saturated rings. The normalized spacial score (nSPS) is 20.4. The number of allylic oxidation sites excluding steroid dienone is 2. The predicted molar refractivity (Wildman–Crippen MR) is 113 cm³/mol. The summed E-state index contributed by atoms with van der Waals surface area (Å²) in [6.45, 7) is 2.02. The molecule has 2 atom stereocenters. The Morgan fingerprint density at radius 2 is 1.26 bits per heavy atom. The van der Waals surface area contributed by atoms with Crippen molar-refractivity contribution in [2.24, 2.45) is 0 Å². The van der Waals surface area contributed by atoms with Crippen molar-refractivity contribution in [2.75, 3.05) is 14.2 Å². The Morgan fingerprint density at radius 3 is 1.63 bits per heavy atom. The fourth-order valence-corrected chi connectivity index (χ4v) is 18.1. The number of fused-ring (bicyclic) bond motifs is 2. The number of methoxy groups -OCH3 is 2. The first-order valence-electron chi connectivity index (χ1n) is 9.01. The summed E-state index contributed by atoms with van der Waals surface area (Å²) >= 11 is -4.45. The van der Waals surface area contributed by atoms with Crippen LogP contribution < -0.4 is 9.47 Å². The van der Waals surface area contributed by atoms with Gasteiger partial charge in [-0.1, -0.05) is 0 Å². The van der Waals surface area contributed by atoms with E-state index in [9.17, 15) is 0 Å². The molecule has 0 heterocycles. The fraction of sp³-hybridized carbons (Fsp3) is 0.227. The van der Waals surface area contributed by atoms with Crippen molar-refractivity contribution >= 4 is 32.9 Å². The Morgan fingerprint density at radius 1 is 0.815 bits per heavy atom. The summed E-state index contributed by atoms with van der Waals surface area (Å²) in [5, 5.41) is 0. The van der Waals surface area contributed by atoms with Crippen LogP contribution in [0.5, 0.6) is 11.5 Å². The summed E-state index contributed by atoms with van der Waals surface area (Å²) in [6, 6.07) is 12.3. The molecule has 0 aliphatic heterocycles. The van der Waals surface area contributed by atoms with Crippen LogP contribution in [0.25, 0.3) is 12.2 Å². The van der Waals surface area contributed by atoms with Crippen LogP contribution in [0.4, 0.5) is 0 Å². The summed E-state index contributed by atoms with van der Waals surface area (Å²) in [4.78, 5) is 0. The van der Waals surface area contributed by atoms with E-state index in [1.807, 2.05) is 31.2 Å². The first kappa shape index (κ1) is 19.2. The number of ether oxygens (including phenoxy) is 2. The van der Waals surface area contributed by atoms with Gasteiger partial charge in [-0.25, -0.2) is 0 Å². The Bertz CT molecular complexity index is 971. The van der Waals surface area contributed by atoms with Gasteiger partial charge in [0, 0.05) is 0 Å². The van der Waals surface area contributed by atoms with Gasteiger partial charge in [0.2, 0.25) is 0 Å². The molecule has 140 valence electrons. The predicted octanol–water partition coefficient (Wildman–Crippen LogP) is 6.36. The molecular formula is C22H22Cl2O2Zr. The van der Waals surface area contributed by atoms with Gasteiger partial charge in [-0.15, -0.1) is 0 Å². The first-order valence-corrected chi connectivity index (χ1v) is 19.6. The first-order chi connectivity index (χ1) is 12.9. The second kappa shape index (κ2) is 6.73. The summed E-state index contributed by atoms with van der Waals surface area (Å²) in [5.41, 5.74) is 4.67. The van der Waals surface area contributed by atoms with E-state index in [0.717, 1.165) is 22.6 Å². The van der Waals surface area contributed by atoms with Gasteiger partial charge in [0.05, 0.1) is 0 Å². The van der Waals surface area contributed by atoms with Crippen molar-refractivity contribution in [2.45, 2.75) is 14.2 Å². The van der Waals surface area contributed by atoms with E-state index in [2.05, 4.69) is 40.1 Å². The number of hydrogen-bond acceptors (Lipinski definition) is 2. The molecule has 0 N–H and O–H groups in total. The average Bonchev–Trinajstić information content (AvgIpc) is 3.32. The maximum absolute atomic E-state index is 7.55. The van der Waals surface area contributed by atoms with E-state index in [-0.39, 0.29) is 7.25 Å². The van der Waals surface area contributed by atoms with Crippen LogP contribution in [0.3, 0.4) is 0 Å². The van der Waals surface area contributed by atoms with Gasteiger partial charge in [0.15, 0.2) is 0 Å². The minimum absolute atomic E-state index is 0.0309. The molecule has 0 radical (unpaired) electrons. The summed E-state index contributed by atoms with van der Waals surface area (Å²) in [7, 11) is 18.5. The van der Waals surface area contributed by atoms with Crippen molar-refractivity contribution in [1.29, 1.82) is 0 Å². The zero-order valence-electron chi connectivity index (χ0n) is 15.6. The van der Waals surface area contributed by atoms with E-state index >= 15 is 0 Å². The zero-order chi connectivity index (χ0) is 19.3. The van der Waals surface area contributed by atoms with E-state index in [1.165, 1.54) is 11.1 Å². The number of benzene rings is 2. The second-order valence-electron chi connectivity index (χ2n) is 7.18. The molecule has 0 spiro atoms. The summed E-state index contributed by atoms with van der Waals surface area (Å²) in [6.07, 6.45) is 8.62. The minimum atomic E-state index is -4.45. The SMILES string of the molecule is C[CH]=[Zr]([Cl])([Cl])([CH]1C=Cc2cc(OC)ccc21)[CH]1C=Cc2cc(OC)ccc21. The van der Waals surface area contributed by atoms with Gasteiger partial charge in [-0.05, 0) is 0 Å². The third-order valence-corrected chi connectivity index (χ3v) is 25.1. The van der Waals surface area contributed by atoms with Crippen LogP contribution in [0.2, 0.25) is 0 Å². The molecule has 0 saturated heterocycles. The molecule has 2 aromatic rings. The standard InChI is InChI=1S/2C10H9O.C2H4.2ClH.Zr/c2*1-11-10-6-5-8-3-2-4-9(8)7-10;1-2;;;/h2*2-7H,1H3;1H,2H3;2*1H;/q;;;;;+2/p-2. The molecule has 2 nitrogen and oxygen atoms in total. The van der Waals surface area contributed by atoms with Crippen LogP contribution in [-0.4, -0.2) is 17.9 Å². The van der Waals surface area contributed by atoms with E-state index in [0.29, 0.717) is 0 Å². The molecule has 2 aliphatic carbocycles. The quantitative estimate of drug-likeness (QED) is 0.507. The Labute approximate surface area is 168 Å². The molecule has 4 rings (SSSR count). The van der Waals surface area contributed by atoms with Crippen LogP contribution in [0.1, 0.15) is 36.4 Å². The van der Waals surface area contributed by atoms with Crippen molar-refractivity contribution in [3.05, 3.63) is 70.8 Å². The molecule has 0 amide bonds. The molecule has 0 bridgehead atoms. The Balaban J connectivity index is 1.84. The number of hydrogen-bond donors (Lipinski definition) is 0. The Hall–Kier alpha value is -1.15. The second-order valence-corrected chi connectivity index (χ2v) is 28.8. The van der Waals surface area contributed by atoms with Crippen LogP contribution in [0, 0.1) is 0 Å². The summed E-state index contributed by atoms with van der Waals surface area (Å²) < 4.78 is 12.9. The molecule has 27 heavy (non-hydrogen) atoms. The van der Waals surface area contributed by atoms with Crippen molar-refractivity contribution in [3.8, 4) is 11.5 Å². The fourth-order valence-electron chi connectivity index (χ4n) is 4.34. The topological polar surface area (TPSA) is 18.5 Å². The zero-order valence-corrected chi connectivity index (χ0v) is 19.5. The van der Waals surface area contributed by atoms with Crippen molar-refractivity contribution in [3.63, 3.8) is 0 Å². The molecule has 2 aliphatic rings. The summed E-state index contributed by atoms with van der Waals surface area (Å²) in [5.74, 6) is 1.69. The van der Waals surface area contributed by atoms with Gasteiger partial charge in [-0.3, -0.25) is 0 Å². The van der Waals surface area contributed by atoms with Gasteiger partial charge < -0.3 is 0 Å². The third-order valence-electron chi connectivity index (χ3n) is 5.93.